The van der Waals surface area contributed by atoms with E-state index in [1.165, 1.54) is 20.3 Å². The Morgan fingerprint density at radius 1 is 1.00 bits per heavy atom. The molecule has 0 unspecified atom stereocenters. The van der Waals surface area contributed by atoms with Crippen LogP contribution in [0.5, 0.6) is 11.5 Å². The molecule has 1 amide bonds. The van der Waals surface area contributed by atoms with Crippen molar-refractivity contribution < 1.29 is 24.1 Å². The van der Waals surface area contributed by atoms with Crippen molar-refractivity contribution in [2.24, 2.45) is 0 Å². The van der Waals surface area contributed by atoms with Gasteiger partial charge in [0.25, 0.3) is 17.3 Å². The molecule has 0 spiro atoms. The topological polar surface area (TPSA) is 134 Å². The first-order valence-electron chi connectivity index (χ1n) is 6.83. The number of hydrogen-bond acceptors (Lipinski definition) is 7. The van der Waals surface area contributed by atoms with Gasteiger partial charge in [0.2, 0.25) is 0 Å². The van der Waals surface area contributed by atoms with Crippen LogP contribution in [0, 0.1) is 20.2 Å². The van der Waals surface area contributed by atoms with Crippen molar-refractivity contribution >= 4 is 23.0 Å². The van der Waals surface area contributed by atoms with E-state index in [1.54, 1.807) is 12.1 Å². The fourth-order valence-electron chi connectivity index (χ4n) is 2.08. The lowest BCUT2D eigenvalue weighted by molar-refractivity contribution is -0.394. The van der Waals surface area contributed by atoms with Gasteiger partial charge in [0.15, 0.2) is 0 Å². The smallest absolute Gasteiger partial charge is 0.289 e. The minimum Gasteiger partial charge on any atom is -0.497 e. The second-order valence-corrected chi connectivity index (χ2v) is 4.74. The molecule has 0 fully saturated rings. The number of methoxy groups -OCH3 is 2. The quantitative estimate of drug-likeness (QED) is 0.627. The van der Waals surface area contributed by atoms with E-state index < -0.39 is 27.1 Å². The predicted molar refractivity (Wildman–Crippen MR) is 87.3 cm³/mol. The highest BCUT2D eigenvalue weighted by Crippen LogP contribution is 2.31. The predicted octanol–water partition coefficient (Wildman–Crippen LogP) is 2.77. The monoisotopic (exact) mass is 347 g/mol. The van der Waals surface area contributed by atoms with E-state index >= 15 is 0 Å². The highest BCUT2D eigenvalue weighted by Gasteiger charge is 2.24. The number of nitro groups is 2. The Labute approximate surface area is 141 Å². The Balaban J connectivity index is 2.42. The summed E-state index contributed by atoms with van der Waals surface area (Å²) in [6.07, 6.45) is 0. The zero-order chi connectivity index (χ0) is 18.6. The van der Waals surface area contributed by atoms with Crippen molar-refractivity contribution in [3.63, 3.8) is 0 Å². The van der Waals surface area contributed by atoms with Gasteiger partial charge in [-0.1, -0.05) is 0 Å². The van der Waals surface area contributed by atoms with Crippen LogP contribution in [0.4, 0.5) is 17.1 Å². The zero-order valence-corrected chi connectivity index (χ0v) is 13.2. The third-order valence-electron chi connectivity index (χ3n) is 3.29. The molecule has 2 aromatic rings. The molecular formula is C15H13N3O7. The van der Waals surface area contributed by atoms with Gasteiger partial charge in [-0.2, -0.15) is 0 Å². The molecule has 0 aliphatic carbocycles. The lowest BCUT2D eigenvalue weighted by Gasteiger charge is -2.11. The lowest BCUT2D eigenvalue weighted by Crippen LogP contribution is -2.15. The molecule has 0 aliphatic heterocycles. The van der Waals surface area contributed by atoms with Gasteiger partial charge in [-0.05, 0) is 18.2 Å². The number of ether oxygens (including phenoxy) is 2. The zero-order valence-electron chi connectivity index (χ0n) is 13.2. The number of anilines is 1. The highest BCUT2D eigenvalue weighted by molar-refractivity contribution is 6.08. The Morgan fingerprint density at radius 2 is 1.72 bits per heavy atom. The summed E-state index contributed by atoms with van der Waals surface area (Å²) in [4.78, 5) is 32.7. The highest BCUT2D eigenvalue weighted by atomic mass is 16.6. The average molecular weight is 347 g/mol. The number of nitrogens with one attached hydrogen (secondary N) is 1. The molecule has 1 N–H and O–H groups in total. The van der Waals surface area contributed by atoms with Gasteiger partial charge in [0.05, 0.1) is 35.8 Å². The van der Waals surface area contributed by atoms with Gasteiger partial charge >= 0.3 is 0 Å². The first-order valence-corrected chi connectivity index (χ1v) is 6.83. The molecular weight excluding hydrogens is 334 g/mol. The van der Waals surface area contributed by atoms with Crippen LogP contribution in [-0.4, -0.2) is 30.0 Å². The largest absolute Gasteiger partial charge is 0.497 e. The summed E-state index contributed by atoms with van der Waals surface area (Å²) in [5, 5.41) is 24.4. The summed E-state index contributed by atoms with van der Waals surface area (Å²) in [6.45, 7) is 0. The van der Waals surface area contributed by atoms with Gasteiger partial charge in [-0.3, -0.25) is 25.0 Å². The van der Waals surface area contributed by atoms with Crippen molar-refractivity contribution in [3.05, 3.63) is 62.2 Å². The normalized spacial score (nSPS) is 10.0. The summed E-state index contributed by atoms with van der Waals surface area (Å²) in [5.41, 5.74) is -1.24. The molecule has 2 aromatic carbocycles. The van der Waals surface area contributed by atoms with Crippen molar-refractivity contribution in [1.82, 2.24) is 0 Å². The molecule has 0 radical (unpaired) electrons. The van der Waals surface area contributed by atoms with Crippen LogP contribution in [0.25, 0.3) is 0 Å². The van der Waals surface area contributed by atoms with Gasteiger partial charge in [0, 0.05) is 12.1 Å². The Bertz CT molecular complexity index is 851. The standard InChI is InChI=1S/C15H13N3O7/c1-24-10-4-6-14(25-2)12(8-10)16-15(19)11-5-3-9(17(20)21)7-13(11)18(22)23/h3-8H,1-2H3,(H,16,19). The van der Waals surface area contributed by atoms with Crippen LogP contribution < -0.4 is 14.8 Å². The number of nitrogens with zero attached hydrogens (tertiary/aromatic N) is 2. The summed E-state index contributed by atoms with van der Waals surface area (Å²) in [5.74, 6) is -0.0545. The second-order valence-electron chi connectivity index (χ2n) is 4.74. The third kappa shape index (κ3) is 3.80. The van der Waals surface area contributed by atoms with Gasteiger partial charge < -0.3 is 14.8 Å². The van der Waals surface area contributed by atoms with Crippen LogP contribution in [0.3, 0.4) is 0 Å². The van der Waals surface area contributed by atoms with Gasteiger partial charge in [-0.15, -0.1) is 0 Å². The van der Waals surface area contributed by atoms with Crippen LogP contribution >= 0.6 is 0 Å². The van der Waals surface area contributed by atoms with E-state index in [0.29, 0.717) is 11.5 Å². The maximum absolute atomic E-state index is 12.4. The van der Waals surface area contributed by atoms with Crippen LogP contribution in [0.15, 0.2) is 36.4 Å². The maximum atomic E-state index is 12.4. The summed E-state index contributed by atoms with van der Waals surface area (Å²) in [6, 6.07) is 7.43. The molecule has 0 saturated carbocycles. The van der Waals surface area contributed by atoms with Crippen LogP contribution in [-0.2, 0) is 0 Å². The van der Waals surface area contributed by atoms with Gasteiger partial charge in [-0.25, -0.2) is 0 Å². The fourth-order valence-corrected chi connectivity index (χ4v) is 2.08. The average Bonchev–Trinajstić information content (AvgIpc) is 2.60. The molecule has 25 heavy (non-hydrogen) atoms. The lowest BCUT2D eigenvalue weighted by atomic mass is 10.1. The molecule has 2 rings (SSSR count). The third-order valence-corrected chi connectivity index (χ3v) is 3.29. The number of carbonyl (C=O) groups excluding carboxylic acids is 1. The van der Waals surface area contributed by atoms with Crippen molar-refractivity contribution in [2.45, 2.75) is 0 Å². The molecule has 0 saturated heterocycles. The molecule has 0 heterocycles. The Morgan fingerprint density at radius 3 is 2.28 bits per heavy atom. The second kappa shape index (κ2) is 7.25. The summed E-state index contributed by atoms with van der Waals surface area (Å²) >= 11 is 0. The molecule has 0 aromatic heterocycles. The number of benzene rings is 2. The van der Waals surface area contributed by atoms with E-state index in [4.69, 9.17) is 9.47 Å². The first kappa shape index (κ1) is 17.7. The van der Waals surface area contributed by atoms with Crippen molar-refractivity contribution in [3.8, 4) is 11.5 Å². The fraction of sp³-hybridized carbons (Fsp3) is 0.133. The Hall–Kier alpha value is -3.69. The minimum absolute atomic E-state index is 0.236. The first-order chi connectivity index (χ1) is 11.9. The number of non-ortho nitro benzene ring substituents is 1. The summed E-state index contributed by atoms with van der Waals surface area (Å²) in [7, 11) is 2.83. The van der Waals surface area contributed by atoms with Crippen LogP contribution in [0.1, 0.15) is 10.4 Å². The number of rotatable bonds is 6. The molecule has 0 atom stereocenters. The molecule has 0 bridgehead atoms. The van der Waals surface area contributed by atoms with Gasteiger partial charge in [0.1, 0.15) is 17.1 Å². The van der Waals surface area contributed by atoms with E-state index in [1.807, 2.05) is 0 Å². The number of amides is 1. The SMILES string of the molecule is COc1ccc(OC)c(NC(=O)c2ccc([N+](=O)[O-])cc2[N+](=O)[O-])c1. The van der Waals surface area contributed by atoms with Crippen LogP contribution in [0.2, 0.25) is 0 Å². The molecule has 10 nitrogen and oxygen atoms in total. The van der Waals surface area contributed by atoms with Crippen molar-refractivity contribution in [1.29, 1.82) is 0 Å². The molecule has 130 valence electrons. The number of carbonyl (C=O) groups is 1. The molecule has 10 heteroatoms. The van der Waals surface area contributed by atoms with E-state index in [-0.39, 0.29) is 11.3 Å². The van der Waals surface area contributed by atoms with E-state index in [9.17, 15) is 25.0 Å². The van der Waals surface area contributed by atoms with E-state index in [0.717, 1.165) is 18.2 Å². The molecule has 0 aliphatic rings. The number of nitro benzene ring substituents is 2. The number of hydrogen-bond donors (Lipinski definition) is 1. The summed E-state index contributed by atoms with van der Waals surface area (Å²) < 4.78 is 10.2. The Kier molecular flexibility index (Phi) is 5.12. The van der Waals surface area contributed by atoms with Crippen molar-refractivity contribution in [2.75, 3.05) is 19.5 Å². The minimum atomic E-state index is -0.856. The van der Waals surface area contributed by atoms with E-state index in [2.05, 4.69) is 5.32 Å². The maximum Gasteiger partial charge on any atom is 0.289 e.